The number of nitrogens with zero attached hydrogens (tertiary/aromatic N) is 2. The maximum absolute atomic E-state index is 12.3. The van der Waals surface area contributed by atoms with Crippen LogP contribution in [0.25, 0.3) is 0 Å². The van der Waals surface area contributed by atoms with Crippen molar-refractivity contribution in [3.05, 3.63) is 35.9 Å². The van der Waals surface area contributed by atoms with Crippen LogP contribution in [0.1, 0.15) is 18.9 Å². The molecule has 20 heavy (non-hydrogen) atoms. The Labute approximate surface area is 122 Å². The van der Waals surface area contributed by atoms with Crippen molar-refractivity contribution in [1.82, 2.24) is 15.1 Å². The molecule has 112 valence electrons. The minimum absolute atomic E-state index is 0.171. The highest BCUT2D eigenvalue weighted by Gasteiger charge is 2.13. The summed E-state index contributed by atoms with van der Waals surface area (Å²) in [5, 5.41) is 3.18. The van der Waals surface area contributed by atoms with Gasteiger partial charge in [0.25, 0.3) is 0 Å². The summed E-state index contributed by atoms with van der Waals surface area (Å²) in [4.78, 5) is 16.3. The van der Waals surface area contributed by atoms with E-state index in [1.54, 1.807) is 0 Å². The van der Waals surface area contributed by atoms with Crippen molar-refractivity contribution in [1.29, 1.82) is 0 Å². The molecule has 0 radical (unpaired) electrons. The van der Waals surface area contributed by atoms with E-state index in [1.807, 2.05) is 37.2 Å². The van der Waals surface area contributed by atoms with Gasteiger partial charge in [0.05, 0.1) is 6.54 Å². The van der Waals surface area contributed by atoms with Gasteiger partial charge in [0, 0.05) is 19.6 Å². The number of carbonyl (C=O) groups excluding carboxylic acids is 1. The Bertz CT molecular complexity index is 379. The van der Waals surface area contributed by atoms with Gasteiger partial charge in [-0.15, -0.1) is 0 Å². The minimum atomic E-state index is 0.171. The van der Waals surface area contributed by atoms with Crippen LogP contribution in [0.2, 0.25) is 0 Å². The molecule has 0 aliphatic rings. The van der Waals surface area contributed by atoms with Crippen LogP contribution in [0.4, 0.5) is 0 Å². The van der Waals surface area contributed by atoms with Gasteiger partial charge in [0.15, 0.2) is 0 Å². The van der Waals surface area contributed by atoms with E-state index in [0.29, 0.717) is 13.1 Å². The van der Waals surface area contributed by atoms with Crippen LogP contribution in [-0.2, 0) is 11.3 Å². The number of hydrogen-bond acceptors (Lipinski definition) is 3. The minimum Gasteiger partial charge on any atom is -0.336 e. The van der Waals surface area contributed by atoms with Gasteiger partial charge in [-0.1, -0.05) is 37.3 Å². The predicted molar refractivity (Wildman–Crippen MR) is 83.6 cm³/mol. The average Bonchev–Trinajstić information content (AvgIpc) is 2.44. The van der Waals surface area contributed by atoms with E-state index in [-0.39, 0.29) is 5.91 Å². The normalized spacial score (nSPS) is 10.8. The molecule has 0 aliphatic carbocycles. The lowest BCUT2D eigenvalue weighted by Crippen LogP contribution is -2.41. The second-order valence-corrected chi connectivity index (χ2v) is 5.28. The van der Waals surface area contributed by atoms with Gasteiger partial charge in [-0.25, -0.2) is 0 Å². The highest BCUT2D eigenvalue weighted by molar-refractivity contribution is 5.78. The SMILES string of the molecule is CCCNCC(=O)N(CCN(C)C)Cc1ccccc1. The van der Waals surface area contributed by atoms with Crippen molar-refractivity contribution in [2.24, 2.45) is 0 Å². The number of amides is 1. The molecule has 4 nitrogen and oxygen atoms in total. The van der Waals surface area contributed by atoms with Gasteiger partial charge in [-0.2, -0.15) is 0 Å². The third kappa shape index (κ3) is 6.68. The maximum Gasteiger partial charge on any atom is 0.236 e. The summed E-state index contributed by atoms with van der Waals surface area (Å²) in [6.07, 6.45) is 1.05. The third-order valence-electron chi connectivity index (χ3n) is 3.09. The zero-order valence-electron chi connectivity index (χ0n) is 12.9. The lowest BCUT2D eigenvalue weighted by Gasteiger charge is -2.25. The number of hydrogen-bond donors (Lipinski definition) is 1. The molecule has 0 heterocycles. The Balaban J connectivity index is 2.57. The summed E-state index contributed by atoms with van der Waals surface area (Å²) in [5.74, 6) is 0.171. The Morgan fingerprint density at radius 2 is 1.85 bits per heavy atom. The van der Waals surface area contributed by atoms with E-state index in [4.69, 9.17) is 0 Å². The van der Waals surface area contributed by atoms with Crippen molar-refractivity contribution >= 4 is 5.91 Å². The van der Waals surface area contributed by atoms with E-state index in [1.165, 1.54) is 5.56 Å². The second kappa shape index (κ2) is 9.50. The van der Waals surface area contributed by atoms with Gasteiger partial charge < -0.3 is 15.1 Å². The molecule has 0 saturated heterocycles. The molecule has 1 rings (SSSR count). The maximum atomic E-state index is 12.3. The van der Waals surface area contributed by atoms with Crippen LogP contribution in [0.5, 0.6) is 0 Å². The summed E-state index contributed by atoms with van der Waals surface area (Å²) in [5.41, 5.74) is 1.18. The lowest BCUT2D eigenvalue weighted by molar-refractivity contribution is -0.131. The molecule has 1 N–H and O–H groups in total. The number of rotatable bonds is 9. The molecular formula is C16H27N3O. The topological polar surface area (TPSA) is 35.6 Å². The number of nitrogens with one attached hydrogen (secondary N) is 1. The summed E-state index contributed by atoms with van der Waals surface area (Å²) in [6.45, 7) is 5.74. The van der Waals surface area contributed by atoms with E-state index < -0.39 is 0 Å². The fourth-order valence-electron chi connectivity index (χ4n) is 1.90. The van der Waals surface area contributed by atoms with Crippen molar-refractivity contribution in [3.8, 4) is 0 Å². The third-order valence-corrected chi connectivity index (χ3v) is 3.09. The van der Waals surface area contributed by atoms with Crippen LogP contribution >= 0.6 is 0 Å². The number of carbonyl (C=O) groups is 1. The standard InChI is InChI=1S/C16H27N3O/c1-4-10-17-13-16(20)19(12-11-18(2)3)14-15-8-6-5-7-9-15/h5-9,17H,4,10-14H2,1-3H3. The van der Waals surface area contributed by atoms with E-state index in [0.717, 1.165) is 26.1 Å². The average molecular weight is 277 g/mol. The molecule has 0 atom stereocenters. The van der Waals surface area contributed by atoms with E-state index in [9.17, 15) is 4.79 Å². The zero-order chi connectivity index (χ0) is 14.8. The monoisotopic (exact) mass is 277 g/mol. The zero-order valence-corrected chi connectivity index (χ0v) is 12.9. The fraction of sp³-hybridized carbons (Fsp3) is 0.562. The summed E-state index contributed by atoms with van der Waals surface area (Å²) >= 11 is 0. The molecule has 1 aromatic carbocycles. The molecule has 0 saturated carbocycles. The van der Waals surface area contributed by atoms with Gasteiger partial charge >= 0.3 is 0 Å². The molecule has 1 amide bonds. The van der Waals surface area contributed by atoms with Gasteiger partial charge in [0.2, 0.25) is 5.91 Å². The van der Waals surface area contributed by atoms with Crippen molar-refractivity contribution in [2.75, 3.05) is 40.3 Å². The Morgan fingerprint density at radius 1 is 1.15 bits per heavy atom. The van der Waals surface area contributed by atoms with Gasteiger partial charge in [0.1, 0.15) is 0 Å². The van der Waals surface area contributed by atoms with Crippen molar-refractivity contribution < 1.29 is 4.79 Å². The van der Waals surface area contributed by atoms with Crippen molar-refractivity contribution in [2.45, 2.75) is 19.9 Å². The molecule has 0 spiro atoms. The molecule has 0 aliphatic heterocycles. The Kier molecular flexibility index (Phi) is 7.92. The highest BCUT2D eigenvalue weighted by Crippen LogP contribution is 2.04. The first-order valence-electron chi connectivity index (χ1n) is 7.30. The quantitative estimate of drug-likeness (QED) is 0.696. The van der Waals surface area contributed by atoms with Gasteiger partial charge in [-0.3, -0.25) is 4.79 Å². The van der Waals surface area contributed by atoms with E-state index in [2.05, 4.69) is 29.3 Å². The molecule has 0 unspecified atom stereocenters. The molecule has 1 aromatic rings. The highest BCUT2D eigenvalue weighted by atomic mass is 16.2. The summed E-state index contributed by atoms with van der Waals surface area (Å²) in [6, 6.07) is 10.2. The van der Waals surface area contributed by atoms with Gasteiger partial charge in [-0.05, 0) is 32.6 Å². The van der Waals surface area contributed by atoms with Crippen LogP contribution in [-0.4, -0.2) is 56.0 Å². The predicted octanol–water partition coefficient (Wildman–Crippen LogP) is 1.58. The van der Waals surface area contributed by atoms with Crippen LogP contribution in [0, 0.1) is 0 Å². The number of benzene rings is 1. The largest absolute Gasteiger partial charge is 0.336 e. The molecular weight excluding hydrogens is 250 g/mol. The fourth-order valence-corrected chi connectivity index (χ4v) is 1.90. The lowest BCUT2D eigenvalue weighted by atomic mass is 10.2. The molecule has 0 fully saturated rings. The molecule has 0 bridgehead atoms. The first-order chi connectivity index (χ1) is 9.63. The summed E-state index contributed by atoms with van der Waals surface area (Å²) in [7, 11) is 4.06. The van der Waals surface area contributed by atoms with E-state index >= 15 is 0 Å². The first kappa shape index (κ1) is 16.7. The Hall–Kier alpha value is -1.39. The number of likely N-dealkylation sites (N-methyl/N-ethyl adjacent to an activating group) is 1. The van der Waals surface area contributed by atoms with Crippen LogP contribution in [0.3, 0.4) is 0 Å². The molecule has 4 heteroatoms. The van der Waals surface area contributed by atoms with Crippen LogP contribution < -0.4 is 5.32 Å². The molecule has 0 aromatic heterocycles. The van der Waals surface area contributed by atoms with Crippen molar-refractivity contribution in [3.63, 3.8) is 0 Å². The first-order valence-corrected chi connectivity index (χ1v) is 7.30. The van der Waals surface area contributed by atoms with Crippen LogP contribution in [0.15, 0.2) is 30.3 Å². The smallest absolute Gasteiger partial charge is 0.236 e. The Morgan fingerprint density at radius 3 is 2.45 bits per heavy atom. The summed E-state index contributed by atoms with van der Waals surface area (Å²) < 4.78 is 0. The second-order valence-electron chi connectivity index (χ2n) is 5.28.